The Kier molecular flexibility index (Phi) is 11.7. The van der Waals surface area contributed by atoms with Gasteiger partial charge < -0.3 is 20.3 Å². The average molecular weight is 504 g/mol. The van der Waals surface area contributed by atoms with E-state index in [1.54, 1.807) is 0 Å². The van der Waals surface area contributed by atoms with Gasteiger partial charge in [0.1, 0.15) is 5.82 Å². The van der Waals surface area contributed by atoms with Crippen molar-refractivity contribution in [3.63, 3.8) is 0 Å². The van der Waals surface area contributed by atoms with Gasteiger partial charge in [-0.1, -0.05) is 13.8 Å². The fraction of sp³-hybridized carbons (Fsp3) is 0.700. The normalized spacial score (nSPS) is 16.4. The van der Waals surface area contributed by atoms with Gasteiger partial charge in [0, 0.05) is 52.5 Å². The molecule has 1 aliphatic heterocycles. The van der Waals surface area contributed by atoms with Crippen molar-refractivity contribution >= 4 is 35.8 Å². The van der Waals surface area contributed by atoms with E-state index < -0.39 is 0 Å². The second-order valence-electron chi connectivity index (χ2n) is 7.45. The van der Waals surface area contributed by atoms with Crippen molar-refractivity contribution in [2.75, 3.05) is 58.4 Å². The highest BCUT2D eigenvalue weighted by Crippen LogP contribution is 2.13. The number of morpholine rings is 1. The van der Waals surface area contributed by atoms with Crippen LogP contribution >= 0.6 is 24.0 Å². The molecule has 1 fully saturated rings. The summed E-state index contributed by atoms with van der Waals surface area (Å²) >= 11 is 0. The van der Waals surface area contributed by atoms with Crippen LogP contribution in [0.2, 0.25) is 0 Å². The average Bonchev–Trinajstić information content (AvgIpc) is 2.67. The quantitative estimate of drug-likeness (QED) is 0.322. The predicted molar refractivity (Wildman–Crippen MR) is 128 cm³/mol. The lowest BCUT2D eigenvalue weighted by Gasteiger charge is -2.37. The Morgan fingerprint density at radius 2 is 2.00 bits per heavy atom. The number of aromatic nitrogens is 1. The maximum Gasteiger partial charge on any atom is 0.191 e. The SMILES string of the molecule is CCNC(=NCc1ccnc(N(C)C)c1)NCC(C(C)C)N1CCOCC1.I. The Morgan fingerprint density at radius 3 is 2.61 bits per heavy atom. The van der Waals surface area contributed by atoms with Gasteiger partial charge in [0.2, 0.25) is 0 Å². The zero-order valence-electron chi connectivity index (χ0n) is 17.9. The van der Waals surface area contributed by atoms with Crippen molar-refractivity contribution in [3.8, 4) is 0 Å². The summed E-state index contributed by atoms with van der Waals surface area (Å²) in [5.74, 6) is 2.38. The van der Waals surface area contributed by atoms with Gasteiger partial charge in [-0.15, -0.1) is 24.0 Å². The third-order valence-electron chi connectivity index (χ3n) is 4.79. The summed E-state index contributed by atoms with van der Waals surface area (Å²) < 4.78 is 5.50. The number of guanidine groups is 1. The molecule has 0 saturated carbocycles. The van der Waals surface area contributed by atoms with E-state index in [4.69, 9.17) is 9.73 Å². The van der Waals surface area contributed by atoms with Gasteiger partial charge >= 0.3 is 0 Å². The minimum absolute atomic E-state index is 0. The van der Waals surface area contributed by atoms with Crippen molar-refractivity contribution in [2.45, 2.75) is 33.4 Å². The maximum atomic E-state index is 5.50. The number of nitrogens with zero attached hydrogens (tertiary/aromatic N) is 4. The molecule has 2 N–H and O–H groups in total. The molecular formula is C20H37IN6O. The lowest BCUT2D eigenvalue weighted by Crippen LogP contribution is -2.52. The number of rotatable bonds is 8. The summed E-state index contributed by atoms with van der Waals surface area (Å²) in [6, 6.07) is 4.57. The van der Waals surface area contributed by atoms with Crippen LogP contribution in [0.4, 0.5) is 5.82 Å². The molecule has 0 bridgehead atoms. The van der Waals surface area contributed by atoms with Crippen LogP contribution in [0.1, 0.15) is 26.3 Å². The zero-order chi connectivity index (χ0) is 19.6. The molecule has 2 rings (SSSR count). The number of nitrogens with one attached hydrogen (secondary N) is 2. The van der Waals surface area contributed by atoms with Gasteiger partial charge in [0.25, 0.3) is 0 Å². The largest absolute Gasteiger partial charge is 0.379 e. The summed E-state index contributed by atoms with van der Waals surface area (Å²) in [5.41, 5.74) is 1.15. The lowest BCUT2D eigenvalue weighted by atomic mass is 10.0. The molecule has 1 saturated heterocycles. The minimum atomic E-state index is 0. The molecule has 1 aromatic rings. The van der Waals surface area contributed by atoms with Crippen LogP contribution in [0, 0.1) is 5.92 Å². The maximum absolute atomic E-state index is 5.50. The van der Waals surface area contributed by atoms with Gasteiger partial charge in [-0.3, -0.25) is 4.90 Å². The molecule has 1 aromatic heterocycles. The monoisotopic (exact) mass is 504 g/mol. The Balaban J connectivity index is 0.00000392. The van der Waals surface area contributed by atoms with E-state index in [9.17, 15) is 0 Å². The molecule has 1 atom stereocenters. The van der Waals surface area contributed by atoms with Crippen LogP contribution in [0.3, 0.4) is 0 Å². The van der Waals surface area contributed by atoms with Crippen molar-refractivity contribution in [2.24, 2.45) is 10.9 Å². The first-order valence-electron chi connectivity index (χ1n) is 9.97. The van der Waals surface area contributed by atoms with E-state index in [0.29, 0.717) is 18.5 Å². The molecule has 28 heavy (non-hydrogen) atoms. The van der Waals surface area contributed by atoms with E-state index in [0.717, 1.165) is 56.7 Å². The zero-order valence-corrected chi connectivity index (χ0v) is 20.3. The van der Waals surface area contributed by atoms with Crippen molar-refractivity contribution in [1.29, 1.82) is 0 Å². The highest BCUT2D eigenvalue weighted by molar-refractivity contribution is 14.0. The van der Waals surface area contributed by atoms with Gasteiger partial charge in [0.15, 0.2) is 5.96 Å². The van der Waals surface area contributed by atoms with E-state index >= 15 is 0 Å². The molecule has 1 unspecified atom stereocenters. The molecule has 0 radical (unpaired) electrons. The smallest absolute Gasteiger partial charge is 0.191 e. The van der Waals surface area contributed by atoms with Crippen molar-refractivity contribution in [1.82, 2.24) is 20.5 Å². The molecular weight excluding hydrogens is 467 g/mol. The predicted octanol–water partition coefficient (Wildman–Crippen LogP) is 2.18. The van der Waals surface area contributed by atoms with Gasteiger partial charge in [0.05, 0.1) is 19.8 Å². The van der Waals surface area contributed by atoms with E-state index in [-0.39, 0.29) is 24.0 Å². The summed E-state index contributed by atoms with van der Waals surface area (Å²) in [4.78, 5) is 13.7. The molecule has 160 valence electrons. The topological polar surface area (TPSA) is 65.0 Å². The molecule has 7 nitrogen and oxygen atoms in total. The van der Waals surface area contributed by atoms with E-state index in [1.165, 1.54) is 0 Å². The van der Waals surface area contributed by atoms with E-state index in [2.05, 4.69) is 47.4 Å². The summed E-state index contributed by atoms with van der Waals surface area (Å²) in [6.45, 7) is 12.7. The first-order valence-corrected chi connectivity index (χ1v) is 9.97. The van der Waals surface area contributed by atoms with E-state index in [1.807, 2.05) is 31.3 Å². The number of pyridine rings is 1. The second-order valence-corrected chi connectivity index (χ2v) is 7.45. The van der Waals surface area contributed by atoms with Crippen LogP contribution < -0.4 is 15.5 Å². The Bertz CT molecular complexity index is 590. The lowest BCUT2D eigenvalue weighted by molar-refractivity contribution is 0.00752. The van der Waals surface area contributed by atoms with Gasteiger partial charge in [-0.25, -0.2) is 9.98 Å². The number of aliphatic imine (C=N–C) groups is 1. The molecule has 0 aromatic carbocycles. The number of halogens is 1. The highest BCUT2D eigenvalue weighted by atomic mass is 127. The fourth-order valence-corrected chi connectivity index (χ4v) is 3.21. The summed E-state index contributed by atoms with van der Waals surface area (Å²) in [6.07, 6.45) is 1.84. The fourth-order valence-electron chi connectivity index (χ4n) is 3.21. The minimum Gasteiger partial charge on any atom is -0.379 e. The molecule has 0 spiro atoms. The van der Waals surface area contributed by atoms with Crippen LogP contribution in [0.25, 0.3) is 0 Å². The molecule has 1 aliphatic rings. The van der Waals surface area contributed by atoms with Crippen molar-refractivity contribution < 1.29 is 4.74 Å². The molecule has 0 aliphatic carbocycles. The summed E-state index contributed by atoms with van der Waals surface area (Å²) in [5, 5.41) is 6.89. The number of ether oxygens (including phenoxy) is 1. The highest BCUT2D eigenvalue weighted by Gasteiger charge is 2.23. The Labute approximate surface area is 187 Å². The molecule has 8 heteroatoms. The molecule has 2 heterocycles. The standard InChI is InChI=1S/C20H36N6O.HI/c1-6-21-20(23-14-17-7-8-22-19(13-17)25(4)5)24-15-18(16(2)3)26-9-11-27-12-10-26;/h7-8,13,16,18H,6,9-12,14-15H2,1-5H3,(H2,21,23,24);1H. The number of anilines is 1. The molecule has 0 amide bonds. The summed E-state index contributed by atoms with van der Waals surface area (Å²) in [7, 11) is 4.00. The number of hydrogen-bond acceptors (Lipinski definition) is 5. The van der Waals surface area contributed by atoms with Gasteiger partial charge in [-0.2, -0.15) is 0 Å². The second kappa shape index (κ2) is 13.2. The van der Waals surface area contributed by atoms with Crippen molar-refractivity contribution in [3.05, 3.63) is 23.9 Å². The Morgan fingerprint density at radius 1 is 1.29 bits per heavy atom. The number of hydrogen-bond donors (Lipinski definition) is 2. The van der Waals surface area contributed by atoms with Crippen LogP contribution in [0.15, 0.2) is 23.3 Å². The first-order chi connectivity index (χ1) is 13.0. The van der Waals surface area contributed by atoms with Gasteiger partial charge in [-0.05, 0) is 30.5 Å². The Hall–Kier alpha value is -1.13. The first kappa shape index (κ1) is 24.9. The third kappa shape index (κ3) is 8.08. The van der Waals surface area contributed by atoms with Crippen LogP contribution in [-0.2, 0) is 11.3 Å². The third-order valence-corrected chi connectivity index (χ3v) is 4.79. The van der Waals surface area contributed by atoms with Crippen LogP contribution in [-0.4, -0.2) is 75.4 Å². The van der Waals surface area contributed by atoms with Crippen LogP contribution in [0.5, 0.6) is 0 Å².